The monoisotopic (exact) mass is 479 g/mol. The van der Waals surface area contributed by atoms with Gasteiger partial charge in [0.05, 0.1) is 18.9 Å². The van der Waals surface area contributed by atoms with E-state index in [0.29, 0.717) is 0 Å². The van der Waals surface area contributed by atoms with Crippen molar-refractivity contribution in [3.8, 4) is 22.8 Å². The summed E-state index contributed by atoms with van der Waals surface area (Å²) >= 11 is 0. The number of unbranched alkanes of at least 4 members (excludes halogenated alkanes) is 13. The molecule has 3 rings (SSSR count). The Bertz CT molecular complexity index is 847. The third-order valence-corrected chi connectivity index (χ3v) is 7.21. The van der Waals surface area contributed by atoms with Gasteiger partial charge in [0.15, 0.2) is 0 Å². The van der Waals surface area contributed by atoms with E-state index >= 15 is 0 Å². The molecule has 1 aliphatic rings. The smallest absolute Gasteiger partial charge is 0.213 e. The fourth-order valence-electron chi connectivity index (χ4n) is 5.04. The van der Waals surface area contributed by atoms with Gasteiger partial charge in [-0.05, 0) is 55.0 Å². The fraction of sp³-hybridized carbons (Fsp3) is 0.656. The van der Waals surface area contributed by atoms with Crippen LogP contribution in [0.5, 0.6) is 11.6 Å². The molecule has 0 aliphatic heterocycles. The van der Waals surface area contributed by atoms with Crippen molar-refractivity contribution in [2.24, 2.45) is 0 Å². The SMILES string of the molecule is CCCCCCCCCCOc1ccc2c(c1)CCc1nc(OCCCCCCCCC)ccc1-2. The molecule has 1 aromatic heterocycles. The van der Waals surface area contributed by atoms with Crippen molar-refractivity contribution < 1.29 is 9.47 Å². The molecule has 3 nitrogen and oxygen atoms in total. The molecule has 35 heavy (non-hydrogen) atoms. The third-order valence-electron chi connectivity index (χ3n) is 7.21. The van der Waals surface area contributed by atoms with E-state index in [1.807, 2.05) is 6.07 Å². The number of nitrogens with zero attached hydrogens (tertiary/aromatic N) is 1. The molecule has 0 saturated carbocycles. The molecule has 0 spiro atoms. The van der Waals surface area contributed by atoms with Crippen LogP contribution in [0.15, 0.2) is 30.3 Å². The molecule has 2 aromatic rings. The molecule has 0 bridgehead atoms. The van der Waals surface area contributed by atoms with Gasteiger partial charge in [-0.2, -0.15) is 0 Å². The molecule has 0 atom stereocenters. The Balaban J connectivity index is 1.38. The van der Waals surface area contributed by atoms with Crippen molar-refractivity contribution in [1.82, 2.24) is 4.98 Å². The topological polar surface area (TPSA) is 31.4 Å². The van der Waals surface area contributed by atoms with Gasteiger partial charge in [-0.15, -0.1) is 0 Å². The first kappa shape index (κ1) is 27.6. The van der Waals surface area contributed by atoms with E-state index in [-0.39, 0.29) is 0 Å². The van der Waals surface area contributed by atoms with Crippen molar-refractivity contribution >= 4 is 0 Å². The highest BCUT2D eigenvalue weighted by Gasteiger charge is 2.18. The first-order valence-electron chi connectivity index (χ1n) is 14.7. The Morgan fingerprint density at radius 3 is 1.83 bits per heavy atom. The maximum absolute atomic E-state index is 6.08. The van der Waals surface area contributed by atoms with E-state index in [9.17, 15) is 0 Å². The Hall–Kier alpha value is -2.03. The Kier molecular flexibility index (Phi) is 13.1. The number of hydrogen-bond donors (Lipinski definition) is 0. The Morgan fingerprint density at radius 2 is 1.17 bits per heavy atom. The average molecular weight is 480 g/mol. The second-order valence-corrected chi connectivity index (χ2v) is 10.3. The van der Waals surface area contributed by atoms with Crippen LogP contribution in [0.25, 0.3) is 11.1 Å². The Morgan fingerprint density at radius 1 is 0.600 bits per heavy atom. The number of benzene rings is 1. The van der Waals surface area contributed by atoms with E-state index in [4.69, 9.17) is 14.5 Å². The minimum absolute atomic E-state index is 0.774. The van der Waals surface area contributed by atoms with Crippen LogP contribution < -0.4 is 9.47 Å². The van der Waals surface area contributed by atoms with Crippen LogP contribution in [-0.2, 0) is 12.8 Å². The predicted octanol–water partition coefficient (Wildman–Crippen LogP) is 9.50. The summed E-state index contributed by atoms with van der Waals surface area (Å²) < 4.78 is 12.1. The highest BCUT2D eigenvalue weighted by molar-refractivity contribution is 5.73. The van der Waals surface area contributed by atoms with Gasteiger partial charge in [-0.1, -0.05) is 103 Å². The van der Waals surface area contributed by atoms with Gasteiger partial charge in [0, 0.05) is 11.6 Å². The van der Waals surface area contributed by atoms with E-state index in [0.717, 1.165) is 50.5 Å². The molecular weight excluding hydrogens is 430 g/mol. The molecule has 1 aromatic carbocycles. The fourth-order valence-corrected chi connectivity index (χ4v) is 5.04. The molecular formula is C32H49NO2. The number of pyridine rings is 1. The highest BCUT2D eigenvalue weighted by atomic mass is 16.5. The lowest BCUT2D eigenvalue weighted by atomic mass is 9.88. The maximum Gasteiger partial charge on any atom is 0.213 e. The van der Waals surface area contributed by atoms with Crippen LogP contribution in [0.1, 0.15) is 121 Å². The summed E-state index contributed by atoms with van der Waals surface area (Å²) in [6.07, 6.45) is 21.7. The van der Waals surface area contributed by atoms with Crippen LogP contribution in [0.4, 0.5) is 0 Å². The van der Waals surface area contributed by atoms with Gasteiger partial charge >= 0.3 is 0 Å². The molecule has 0 amide bonds. The zero-order valence-corrected chi connectivity index (χ0v) is 22.6. The third kappa shape index (κ3) is 9.86. The molecule has 1 heterocycles. The predicted molar refractivity (Wildman–Crippen MR) is 149 cm³/mol. The van der Waals surface area contributed by atoms with Crippen LogP contribution in [0, 0.1) is 0 Å². The van der Waals surface area contributed by atoms with Gasteiger partial charge in [-0.3, -0.25) is 0 Å². The van der Waals surface area contributed by atoms with Gasteiger partial charge < -0.3 is 9.47 Å². The van der Waals surface area contributed by atoms with Crippen molar-refractivity contribution in [2.45, 2.75) is 123 Å². The minimum atomic E-state index is 0.774. The molecule has 3 heteroatoms. The summed E-state index contributed by atoms with van der Waals surface area (Å²) in [4.78, 5) is 4.84. The summed E-state index contributed by atoms with van der Waals surface area (Å²) in [7, 11) is 0. The number of aryl methyl sites for hydroxylation is 2. The molecule has 0 fully saturated rings. The van der Waals surface area contributed by atoms with Crippen molar-refractivity contribution in [3.05, 3.63) is 41.6 Å². The van der Waals surface area contributed by atoms with Crippen LogP contribution in [-0.4, -0.2) is 18.2 Å². The lowest BCUT2D eigenvalue weighted by Crippen LogP contribution is -2.08. The van der Waals surface area contributed by atoms with Gasteiger partial charge in [0.2, 0.25) is 5.88 Å². The highest BCUT2D eigenvalue weighted by Crippen LogP contribution is 2.35. The first-order chi connectivity index (χ1) is 17.3. The molecule has 0 N–H and O–H groups in total. The molecule has 0 saturated heterocycles. The second-order valence-electron chi connectivity index (χ2n) is 10.3. The van der Waals surface area contributed by atoms with Crippen molar-refractivity contribution in [1.29, 1.82) is 0 Å². The summed E-state index contributed by atoms with van der Waals surface area (Å²) in [5.74, 6) is 1.79. The maximum atomic E-state index is 6.08. The zero-order chi connectivity index (χ0) is 24.6. The van der Waals surface area contributed by atoms with Crippen LogP contribution in [0.3, 0.4) is 0 Å². The summed E-state index contributed by atoms with van der Waals surface area (Å²) in [5, 5.41) is 0. The molecule has 194 valence electrons. The summed E-state index contributed by atoms with van der Waals surface area (Å²) in [5.41, 5.74) is 5.10. The summed E-state index contributed by atoms with van der Waals surface area (Å²) in [6, 6.07) is 10.8. The van der Waals surface area contributed by atoms with E-state index in [1.54, 1.807) is 0 Å². The van der Waals surface area contributed by atoms with E-state index in [2.05, 4.69) is 38.1 Å². The molecule has 0 radical (unpaired) electrons. The van der Waals surface area contributed by atoms with Crippen molar-refractivity contribution in [3.63, 3.8) is 0 Å². The van der Waals surface area contributed by atoms with Gasteiger partial charge in [0.1, 0.15) is 5.75 Å². The van der Waals surface area contributed by atoms with Crippen LogP contribution in [0.2, 0.25) is 0 Å². The zero-order valence-electron chi connectivity index (χ0n) is 22.6. The molecule has 0 unspecified atom stereocenters. The standard InChI is InChI=1S/C32H49NO2/c1-3-5-7-9-11-13-14-16-24-34-28-19-20-29-27(26-28)18-22-31-30(29)21-23-32(33-31)35-25-17-15-12-10-8-6-4-2/h19-21,23,26H,3-18,22,24-25H2,1-2H3. The molecule has 1 aliphatic carbocycles. The normalized spacial score (nSPS) is 12.3. The second kappa shape index (κ2) is 16.6. The number of rotatable bonds is 19. The Labute approximate surface area is 215 Å². The lowest BCUT2D eigenvalue weighted by Gasteiger charge is -2.20. The number of fused-ring (bicyclic) bond motifs is 3. The largest absolute Gasteiger partial charge is 0.494 e. The van der Waals surface area contributed by atoms with Crippen LogP contribution >= 0.6 is 0 Å². The summed E-state index contributed by atoms with van der Waals surface area (Å²) in [6.45, 7) is 6.14. The quantitative estimate of drug-likeness (QED) is 0.188. The number of aromatic nitrogens is 1. The average Bonchev–Trinajstić information content (AvgIpc) is 2.89. The first-order valence-corrected chi connectivity index (χ1v) is 14.7. The van der Waals surface area contributed by atoms with Crippen molar-refractivity contribution in [2.75, 3.05) is 13.2 Å². The lowest BCUT2D eigenvalue weighted by molar-refractivity contribution is 0.292. The van der Waals surface area contributed by atoms with E-state index < -0.39 is 0 Å². The number of ether oxygens (including phenoxy) is 2. The minimum Gasteiger partial charge on any atom is -0.494 e. The van der Waals surface area contributed by atoms with Gasteiger partial charge in [0.25, 0.3) is 0 Å². The van der Waals surface area contributed by atoms with E-state index in [1.165, 1.54) is 106 Å². The number of hydrogen-bond acceptors (Lipinski definition) is 3. The van der Waals surface area contributed by atoms with Gasteiger partial charge in [-0.25, -0.2) is 4.98 Å².